The van der Waals surface area contributed by atoms with Crippen LogP contribution in [0.3, 0.4) is 0 Å². The Bertz CT molecular complexity index is 443. The van der Waals surface area contributed by atoms with Crippen LogP contribution in [0.1, 0.15) is 44.6 Å². The van der Waals surface area contributed by atoms with Crippen LogP contribution < -0.4 is 0 Å². The number of hydrogen-bond donors (Lipinski definition) is 6. The molecule has 0 saturated carbocycles. The molecule has 0 aromatic rings. The third kappa shape index (κ3) is 105. The molecule has 0 aliphatic rings. The molecule has 0 radical (unpaired) electrons. The molecule has 0 fully saturated rings. The molecule has 12 nitrogen and oxygen atoms in total. The molecule has 0 bridgehead atoms. The minimum atomic E-state index is -1.26. The van der Waals surface area contributed by atoms with Crippen molar-refractivity contribution in [2.45, 2.75) is 44.6 Å². The molecule has 0 unspecified atom stereocenters. The van der Waals surface area contributed by atoms with Gasteiger partial charge in [-0.3, -0.25) is 0 Å². The molecule has 0 amide bonds. The summed E-state index contributed by atoms with van der Waals surface area (Å²) >= 11 is 0. The van der Waals surface area contributed by atoms with Gasteiger partial charge in [0.1, 0.15) is 0 Å². The molecule has 0 saturated heterocycles. The van der Waals surface area contributed by atoms with Gasteiger partial charge in [0.2, 0.25) is 0 Å². The Morgan fingerprint density at radius 3 is 0.400 bits per heavy atom. The Kier molecular flexibility index (Phi) is 67.5. The molecular weight excluding hydrogens is 408 g/mol. The topological polar surface area (TPSA) is 224 Å². The van der Waals surface area contributed by atoms with Crippen LogP contribution in [-0.4, -0.2) is 66.5 Å². The largest absolute Gasteiger partial charge is 0.478 e. The van der Waals surface area contributed by atoms with E-state index < -0.39 is 35.8 Å². The second-order valence-corrected chi connectivity index (χ2v) is 3.03. The van der Waals surface area contributed by atoms with E-state index in [0.717, 1.165) is 0 Å². The maximum atomic E-state index is 9.55. The van der Waals surface area contributed by atoms with E-state index in [-0.39, 0.29) is 44.6 Å². The third-order valence-corrected chi connectivity index (χ3v) is 1.11. The quantitative estimate of drug-likeness (QED) is 0.325. The van der Waals surface area contributed by atoms with Crippen LogP contribution in [0.25, 0.3) is 0 Å². The molecule has 0 heterocycles. The number of carboxylic acid groups (broad SMARTS) is 6. The monoisotopic (exact) mass is 444 g/mol. The number of aliphatic carboxylic acids is 6. The van der Waals surface area contributed by atoms with Crippen LogP contribution in [0.5, 0.6) is 0 Å². The van der Waals surface area contributed by atoms with Crippen LogP contribution in [0.2, 0.25) is 0 Å². The molecule has 180 valence electrons. The molecule has 0 spiro atoms. The summed E-state index contributed by atoms with van der Waals surface area (Å²) < 4.78 is 0. The zero-order chi connectivity index (χ0) is 19.7. The SMILES string of the molecule is C.C.C.C.C.C.O=C(O)/C=C/C(=O)O.O=C(O)/C=C/C(=O)O.O=C(O)/C=C/C(=O)O. The van der Waals surface area contributed by atoms with Gasteiger partial charge in [0.25, 0.3) is 0 Å². The molecule has 0 rings (SSSR count). The van der Waals surface area contributed by atoms with Crippen molar-refractivity contribution in [3.8, 4) is 0 Å². The predicted molar refractivity (Wildman–Crippen MR) is 114 cm³/mol. The van der Waals surface area contributed by atoms with Crippen molar-refractivity contribution in [3.05, 3.63) is 36.5 Å². The predicted octanol–water partition coefficient (Wildman–Crippen LogP) is 2.95. The summed E-state index contributed by atoms with van der Waals surface area (Å²) in [6.07, 6.45) is 3.35. The second kappa shape index (κ2) is 36.0. The van der Waals surface area contributed by atoms with E-state index in [0.29, 0.717) is 36.5 Å². The first-order valence-electron chi connectivity index (χ1n) is 5.30. The van der Waals surface area contributed by atoms with Crippen LogP contribution >= 0.6 is 0 Å². The molecule has 12 heteroatoms. The summed E-state index contributed by atoms with van der Waals surface area (Å²) in [6.45, 7) is 0. The van der Waals surface area contributed by atoms with E-state index in [2.05, 4.69) is 0 Å². The summed E-state index contributed by atoms with van der Waals surface area (Å²) in [7, 11) is 0. The lowest BCUT2D eigenvalue weighted by Crippen LogP contribution is -1.91. The van der Waals surface area contributed by atoms with Crippen molar-refractivity contribution < 1.29 is 59.4 Å². The van der Waals surface area contributed by atoms with Gasteiger partial charge < -0.3 is 30.6 Å². The average molecular weight is 444 g/mol. The van der Waals surface area contributed by atoms with Crippen molar-refractivity contribution in [2.75, 3.05) is 0 Å². The normalized spacial score (nSPS) is 7.60. The lowest BCUT2D eigenvalue weighted by molar-refractivity contribution is -0.134. The van der Waals surface area contributed by atoms with Crippen molar-refractivity contribution in [2.24, 2.45) is 0 Å². The van der Waals surface area contributed by atoms with Gasteiger partial charge in [0.05, 0.1) is 0 Å². The number of carbonyl (C=O) groups is 6. The summed E-state index contributed by atoms with van der Waals surface area (Å²) in [5.41, 5.74) is 0. The maximum absolute atomic E-state index is 9.55. The Balaban J connectivity index is -0.0000000286. The van der Waals surface area contributed by atoms with E-state index in [1.54, 1.807) is 0 Å². The van der Waals surface area contributed by atoms with E-state index in [9.17, 15) is 28.8 Å². The third-order valence-electron chi connectivity index (χ3n) is 1.11. The summed E-state index contributed by atoms with van der Waals surface area (Å²) in [4.78, 5) is 57.3. The summed E-state index contributed by atoms with van der Waals surface area (Å²) in [5.74, 6) is -7.54. The smallest absolute Gasteiger partial charge is 0.328 e. The van der Waals surface area contributed by atoms with Crippen molar-refractivity contribution in [1.29, 1.82) is 0 Å². The molecular formula is C18H36O12. The Morgan fingerprint density at radius 1 is 0.300 bits per heavy atom. The van der Waals surface area contributed by atoms with Crippen LogP contribution in [0.15, 0.2) is 36.5 Å². The average Bonchev–Trinajstić information content (AvgIpc) is 2.42. The first-order valence-corrected chi connectivity index (χ1v) is 5.30. The molecule has 0 atom stereocenters. The van der Waals surface area contributed by atoms with Crippen LogP contribution in [0.4, 0.5) is 0 Å². The van der Waals surface area contributed by atoms with E-state index >= 15 is 0 Å². The highest BCUT2D eigenvalue weighted by Gasteiger charge is 1.89. The Morgan fingerprint density at radius 2 is 0.367 bits per heavy atom. The number of hydrogen-bond acceptors (Lipinski definition) is 6. The molecule has 6 N–H and O–H groups in total. The van der Waals surface area contributed by atoms with Gasteiger partial charge in [0, 0.05) is 36.5 Å². The molecule has 0 aliphatic carbocycles. The number of rotatable bonds is 6. The minimum absolute atomic E-state index is 0. The summed E-state index contributed by atoms with van der Waals surface area (Å²) in [5, 5.41) is 46.9. The molecule has 0 aliphatic heterocycles. The van der Waals surface area contributed by atoms with Gasteiger partial charge in [-0.15, -0.1) is 0 Å². The fourth-order valence-corrected chi connectivity index (χ4v) is 0.428. The first-order chi connectivity index (χ1) is 10.9. The Labute approximate surface area is 177 Å². The van der Waals surface area contributed by atoms with Gasteiger partial charge in [-0.2, -0.15) is 0 Å². The zero-order valence-corrected chi connectivity index (χ0v) is 11.6. The van der Waals surface area contributed by atoms with E-state index in [4.69, 9.17) is 30.6 Å². The molecule has 30 heavy (non-hydrogen) atoms. The zero-order valence-electron chi connectivity index (χ0n) is 11.6. The van der Waals surface area contributed by atoms with Gasteiger partial charge in [-0.25, -0.2) is 28.8 Å². The van der Waals surface area contributed by atoms with E-state index in [1.165, 1.54) is 0 Å². The van der Waals surface area contributed by atoms with Crippen LogP contribution in [0, 0.1) is 0 Å². The number of carboxylic acids is 6. The Hall–Kier alpha value is -3.96. The second-order valence-electron chi connectivity index (χ2n) is 3.03. The van der Waals surface area contributed by atoms with E-state index in [1.807, 2.05) is 0 Å². The minimum Gasteiger partial charge on any atom is -0.478 e. The van der Waals surface area contributed by atoms with Crippen molar-refractivity contribution in [3.63, 3.8) is 0 Å². The van der Waals surface area contributed by atoms with Crippen molar-refractivity contribution in [1.82, 2.24) is 0 Å². The van der Waals surface area contributed by atoms with Crippen molar-refractivity contribution >= 4 is 35.8 Å². The van der Waals surface area contributed by atoms with Gasteiger partial charge in [-0.1, -0.05) is 44.6 Å². The molecule has 0 aromatic carbocycles. The fraction of sp³-hybridized carbons (Fsp3) is 0.333. The highest BCUT2D eigenvalue weighted by Crippen LogP contribution is 1.71. The molecule has 0 aromatic heterocycles. The van der Waals surface area contributed by atoms with Gasteiger partial charge in [0.15, 0.2) is 0 Å². The summed E-state index contributed by atoms with van der Waals surface area (Å²) in [6, 6.07) is 0. The van der Waals surface area contributed by atoms with Crippen LogP contribution in [-0.2, 0) is 28.8 Å². The maximum Gasteiger partial charge on any atom is 0.328 e. The highest BCUT2D eigenvalue weighted by molar-refractivity contribution is 5.90. The lowest BCUT2D eigenvalue weighted by Gasteiger charge is -1.74. The fourth-order valence-electron chi connectivity index (χ4n) is 0.428. The standard InChI is InChI=1S/3C4H4O4.6CH4/c3*5-3(6)1-2-4(7)8;;;;;;/h3*1-2H,(H,5,6)(H,7,8);6*1H4/b3*2-1+;;;;;;. The lowest BCUT2D eigenvalue weighted by atomic mass is 10.5. The highest BCUT2D eigenvalue weighted by atomic mass is 16.4. The van der Waals surface area contributed by atoms with Gasteiger partial charge in [-0.05, 0) is 0 Å². The van der Waals surface area contributed by atoms with Gasteiger partial charge >= 0.3 is 35.8 Å². The first kappa shape index (κ1) is 56.2.